The van der Waals surface area contributed by atoms with Crippen molar-refractivity contribution in [2.75, 3.05) is 13.2 Å². The SMILES string of the molecule is CCOCC(=O)N[C@@H](C(N)=O)[C@H]1CCCC(=O)C1. The second kappa shape index (κ2) is 7.10. The second-order valence-corrected chi connectivity index (χ2v) is 4.48. The van der Waals surface area contributed by atoms with E-state index in [1.807, 2.05) is 0 Å². The molecular formula is C12H20N2O4. The number of carbonyl (C=O) groups is 3. The summed E-state index contributed by atoms with van der Waals surface area (Å²) in [6.07, 6.45) is 2.33. The fourth-order valence-corrected chi connectivity index (χ4v) is 2.17. The fourth-order valence-electron chi connectivity index (χ4n) is 2.17. The molecule has 1 saturated carbocycles. The van der Waals surface area contributed by atoms with Crippen LogP contribution in [0.4, 0.5) is 0 Å². The lowest BCUT2D eigenvalue weighted by molar-refractivity contribution is -0.132. The Balaban J connectivity index is 2.56. The number of primary amides is 1. The standard InChI is InChI=1S/C12H20N2O4/c1-2-18-7-10(16)14-11(12(13)17)8-4-3-5-9(15)6-8/h8,11H,2-7H2,1H3,(H2,13,17)(H,14,16)/t8-,11+/m0/s1. The van der Waals surface area contributed by atoms with Crippen molar-refractivity contribution in [2.45, 2.75) is 38.6 Å². The minimum Gasteiger partial charge on any atom is -0.372 e. The number of ether oxygens (including phenoxy) is 1. The quantitative estimate of drug-likeness (QED) is 0.684. The molecule has 6 heteroatoms. The average Bonchev–Trinajstić information content (AvgIpc) is 2.33. The van der Waals surface area contributed by atoms with Gasteiger partial charge in [-0.25, -0.2) is 0 Å². The third-order valence-corrected chi connectivity index (χ3v) is 3.05. The summed E-state index contributed by atoms with van der Waals surface area (Å²) in [6.45, 7) is 2.11. The maximum Gasteiger partial charge on any atom is 0.246 e. The summed E-state index contributed by atoms with van der Waals surface area (Å²) in [6, 6.07) is -0.776. The third-order valence-electron chi connectivity index (χ3n) is 3.05. The van der Waals surface area contributed by atoms with Crippen LogP contribution in [0.5, 0.6) is 0 Å². The molecule has 1 aliphatic rings. The van der Waals surface area contributed by atoms with Gasteiger partial charge in [0.1, 0.15) is 18.4 Å². The predicted molar refractivity (Wildman–Crippen MR) is 64.6 cm³/mol. The largest absolute Gasteiger partial charge is 0.372 e. The van der Waals surface area contributed by atoms with Gasteiger partial charge in [-0.15, -0.1) is 0 Å². The summed E-state index contributed by atoms with van der Waals surface area (Å²) in [5.74, 6) is -1.04. The fraction of sp³-hybridized carbons (Fsp3) is 0.750. The Kier molecular flexibility index (Phi) is 5.77. The van der Waals surface area contributed by atoms with Gasteiger partial charge in [-0.2, -0.15) is 0 Å². The lowest BCUT2D eigenvalue weighted by atomic mass is 9.83. The number of amides is 2. The van der Waals surface area contributed by atoms with Gasteiger partial charge in [0.25, 0.3) is 0 Å². The van der Waals surface area contributed by atoms with E-state index < -0.39 is 11.9 Å². The summed E-state index contributed by atoms with van der Waals surface area (Å²) in [7, 11) is 0. The molecule has 0 radical (unpaired) electrons. The maximum absolute atomic E-state index is 11.5. The van der Waals surface area contributed by atoms with Crippen molar-refractivity contribution in [2.24, 2.45) is 11.7 Å². The Morgan fingerprint density at radius 2 is 2.28 bits per heavy atom. The molecular weight excluding hydrogens is 236 g/mol. The summed E-state index contributed by atoms with van der Waals surface area (Å²) in [5.41, 5.74) is 5.28. The molecule has 0 heterocycles. The van der Waals surface area contributed by atoms with Crippen LogP contribution in [0.15, 0.2) is 0 Å². The molecule has 18 heavy (non-hydrogen) atoms. The first-order valence-corrected chi connectivity index (χ1v) is 6.22. The molecule has 2 atom stereocenters. The summed E-state index contributed by atoms with van der Waals surface area (Å²) in [4.78, 5) is 34.3. The first kappa shape index (κ1) is 14.6. The van der Waals surface area contributed by atoms with E-state index in [4.69, 9.17) is 10.5 Å². The number of hydrogen-bond donors (Lipinski definition) is 2. The molecule has 0 unspecified atom stereocenters. The highest BCUT2D eigenvalue weighted by atomic mass is 16.5. The molecule has 1 rings (SSSR count). The van der Waals surface area contributed by atoms with Crippen molar-refractivity contribution in [1.29, 1.82) is 0 Å². The molecule has 102 valence electrons. The molecule has 0 aromatic heterocycles. The zero-order valence-corrected chi connectivity index (χ0v) is 10.6. The Morgan fingerprint density at radius 3 is 2.83 bits per heavy atom. The first-order chi connectivity index (χ1) is 8.54. The van der Waals surface area contributed by atoms with E-state index in [-0.39, 0.29) is 24.2 Å². The van der Waals surface area contributed by atoms with E-state index in [0.717, 1.165) is 12.8 Å². The van der Waals surface area contributed by atoms with Gasteiger partial charge in [0, 0.05) is 19.4 Å². The maximum atomic E-state index is 11.5. The number of hydrogen-bond acceptors (Lipinski definition) is 4. The van der Waals surface area contributed by atoms with E-state index in [9.17, 15) is 14.4 Å². The molecule has 0 aromatic rings. The molecule has 0 aromatic carbocycles. The highest BCUT2D eigenvalue weighted by molar-refractivity contribution is 5.88. The lowest BCUT2D eigenvalue weighted by Crippen LogP contribution is -2.51. The van der Waals surface area contributed by atoms with Crippen LogP contribution in [0.1, 0.15) is 32.6 Å². The molecule has 3 N–H and O–H groups in total. The van der Waals surface area contributed by atoms with Gasteiger partial charge >= 0.3 is 0 Å². The summed E-state index contributed by atoms with van der Waals surface area (Å²) >= 11 is 0. The van der Waals surface area contributed by atoms with Crippen molar-refractivity contribution < 1.29 is 19.1 Å². The molecule has 0 saturated heterocycles. The zero-order valence-electron chi connectivity index (χ0n) is 10.6. The number of nitrogens with two attached hydrogens (primary N) is 1. The molecule has 2 amide bonds. The zero-order chi connectivity index (χ0) is 13.5. The van der Waals surface area contributed by atoms with Crippen LogP contribution in [0.2, 0.25) is 0 Å². The van der Waals surface area contributed by atoms with Gasteiger partial charge in [-0.3, -0.25) is 14.4 Å². The predicted octanol–water partition coefficient (Wildman–Crippen LogP) is -0.248. The Hall–Kier alpha value is -1.43. The van der Waals surface area contributed by atoms with Crippen LogP contribution in [0.25, 0.3) is 0 Å². The average molecular weight is 256 g/mol. The number of nitrogens with one attached hydrogen (secondary N) is 1. The topological polar surface area (TPSA) is 98.5 Å². The van der Waals surface area contributed by atoms with Crippen molar-refractivity contribution in [3.63, 3.8) is 0 Å². The Morgan fingerprint density at radius 1 is 1.56 bits per heavy atom. The highest BCUT2D eigenvalue weighted by Gasteiger charge is 2.31. The van der Waals surface area contributed by atoms with Crippen LogP contribution in [0.3, 0.4) is 0 Å². The van der Waals surface area contributed by atoms with Crippen molar-refractivity contribution >= 4 is 17.6 Å². The van der Waals surface area contributed by atoms with E-state index in [1.54, 1.807) is 6.92 Å². The third kappa shape index (κ3) is 4.44. The van der Waals surface area contributed by atoms with Crippen molar-refractivity contribution in [3.05, 3.63) is 0 Å². The van der Waals surface area contributed by atoms with Gasteiger partial charge in [-0.1, -0.05) is 0 Å². The Bertz CT molecular complexity index is 330. The minimum atomic E-state index is -0.776. The number of Topliss-reactive ketones (excluding diaryl/α,β-unsaturated/α-hetero) is 1. The van der Waals surface area contributed by atoms with Crippen LogP contribution >= 0.6 is 0 Å². The first-order valence-electron chi connectivity index (χ1n) is 6.22. The smallest absolute Gasteiger partial charge is 0.246 e. The van der Waals surface area contributed by atoms with E-state index in [1.165, 1.54) is 0 Å². The van der Waals surface area contributed by atoms with E-state index >= 15 is 0 Å². The molecule has 0 spiro atoms. The lowest BCUT2D eigenvalue weighted by Gasteiger charge is -2.28. The monoisotopic (exact) mass is 256 g/mol. The van der Waals surface area contributed by atoms with Gasteiger partial charge in [0.2, 0.25) is 11.8 Å². The number of ketones is 1. The Labute approximate surface area is 106 Å². The van der Waals surface area contributed by atoms with Crippen LogP contribution < -0.4 is 11.1 Å². The van der Waals surface area contributed by atoms with Gasteiger partial charge in [-0.05, 0) is 25.7 Å². The number of carbonyl (C=O) groups excluding carboxylic acids is 3. The summed E-state index contributed by atoms with van der Waals surface area (Å²) in [5, 5.41) is 2.55. The van der Waals surface area contributed by atoms with Crippen molar-refractivity contribution in [1.82, 2.24) is 5.32 Å². The van der Waals surface area contributed by atoms with Crippen molar-refractivity contribution in [3.8, 4) is 0 Å². The van der Waals surface area contributed by atoms with Gasteiger partial charge in [0.15, 0.2) is 0 Å². The second-order valence-electron chi connectivity index (χ2n) is 4.48. The van der Waals surface area contributed by atoms with Gasteiger partial charge < -0.3 is 15.8 Å². The summed E-state index contributed by atoms with van der Waals surface area (Å²) < 4.78 is 4.95. The van der Waals surface area contributed by atoms with Gasteiger partial charge in [0.05, 0.1) is 0 Å². The minimum absolute atomic E-state index is 0.0963. The van der Waals surface area contributed by atoms with Crippen LogP contribution in [-0.2, 0) is 19.1 Å². The van der Waals surface area contributed by atoms with Crippen LogP contribution in [-0.4, -0.2) is 36.9 Å². The molecule has 0 bridgehead atoms. The molecule has 1 fully saturated rings. The van der Waals surface area contributed by atoms with E-state index in [2.05, 4.69) is 5.32 Å². The normalized spacial score (nSPS) is 21.4. The molecule has 1 aliphatic carbocycles. The van der Waals surface area contributed by atoms with E-state index in [0.29, 0.717) is 19.4 Å². The number of rotatable bonds is 6. The highest BCUT2D eigenvalue weighted by Crippen LogP contribution is 2.24. The van der Waals surface area contributed by atoms with Crippen LogP contribution in [0, 0.1) is 5.92 Å². The molecule has 0 aliphatic heterocycles. The molecule has 6 nitrogen and oxygen atoms in total.